The molecular formula is C34H32N4O6S. The van der Waals surface area contributed by atoms with E-state index in [9.17, 15) is 19.2 Å². The van der Waals surface area contributed by atoms with E-state index >= 15 is 0 Å². The van der Waals surface area contributed by atoms with Crippen LogP contribution in [0.2, 0.25) is 0 Å². The topological polar surface area (TPSA) is 135 Å². The third kappa shape index (κ3) is 9.47. The number of nitrogens with one attached hydrogen (secondary N) is 4. The minimum absolute atomic E-state index is 0.00404. The van der Waals surface area contributed by atoms with Crippen LogP contribution in [-0.4, -0.2) is 43.6 Å². The molecule has 0 aliphatic rings. The summed E-state index contributed by atoms with van der Waals surface area (Å²) in [6, 6.07) is 27.6. The monoisotopic (exact) mass is 624 g/mol. The number of thioether (sulfide) groups is 1. The van der Waals surface area contributed by atoms with Gasteiger partial charge < -0.3 is 30.7 Å². The molecule has 0 radical (unpaired) electrons. The van der Waals surface area contributed by atoms with Crippen LogP contribution in [0.3, 0.4) is 0 Å². The number of para-hydroxylation sites is 1. The van der Waals surface area contributed by atoms with Gasteiger partial charge in [-0.3, -0.25) is 19.2 Å². The summed E-state index contributed by atoms with van der Waals surface area (Å²) in [5.41, 5.74) is 2.66. The maximum atomic E-state index is 13.4. The van der Waals surface area contributed by atoms with Gasteiger partial charge in [0.1, 0.15) is 5.70 Å². The van der Waals surface area contributed by atoms with Crippen molar-refractivity contribution in [3.05, 3.63) is 114 Å². The number of ether oxygens (including phenoxy) is 2. The van der Waals surface area contributed by atoms with Crippen LogP contribution in [0.4, 0.5) is 17.1 Å². The van der Waals surface area contributed by atoms with Crippen molar-refractivity contribution in [3.63, 3.8) is 0 Å². The van der Waals surface area contributed by atoms with Gasteiger partial charge in [0.05, 0.1) is 20.0 Å². The van der Waals surface area contributed by atoms with Crippen LogP contribution < -0.4 is 30.7 Å². The van der Waals surface area contributed by atoms with E-state index in [-0.39, 0.29) is 23.3 Å². The fraction of sp³-hybridized carbons (Fsp3) is 0.118. The van der Waals surface area contributed by atoms with Crippen molar-refractivity contribution in [2.45, 2.75) is 11.8 Å². The summed E-state index contributed by atoms with van der Waals surface area (Å²) in [6.45, 7) is 1.43. The molecule has 230 valence electrons. The summed E-state index contributed by atoms with van der Waals surface area (Å²) in [4.78, 5) is 50.9. The molecule has 4 rings (SSSR count). The zero-order valence-corrected chi connectivity index (χ0v) is 25.7. The second kappa shape index (κ2) is 15.8. The van der Waals surface area contributed by atoms with Crippen LogP contribution in [0.5, 0.6) is 11.5 Å². The van der Waals surface area contributed by atoms with Gasteiger partial charge in [-0.05, 0) is 72.8 Å². The van der Waals surface area contributed by atoms with E-state index in [4.69, 9.17) is 9.47 Å². The predicted molar refractivity (Wildman–Crippen MR) is 177 cm³/mol. The quantitative estimate of drug-likeness (QED) is 0.116. The van der Waals surface area contributed by atoms with Crippen LogP contribution in [-0.2, 0) is 14.4 Å². The molecule has 0 aliphatic heterocycles. The van der Waals surface area contributed by atoms with E-state index < -0.39 is 11.8 Å². The van der Waals surface area contributed by atoms with E-state index in [0.717, 1.165) is 4.90 Å². The SMILES string of the molecule is COc1cccc(/C=C(\NC(=O)c2ccccc2)C(=O)Nc2ccc(SCC(=O)Nc3ccc(NC(C)=O)cc3)cc2)c1OC. The lowest BCUT2D eigenvalue weighted by molar-refractivity contribution is -0.114. The molecule has 0 saturated heterocycles. The summed E-state index contributed by atoms with van der Waals surface area (Å²) in [6.07, 6.45) is 1.52. The molecular weight excluding hydrogens is 592 g/mol. The lowest BCUT2D eigenvalue weighted by Gasteiger charge is -2.14. The first-order valence-electron chi connectivity index (χ1n) is 13.8. The molecule has 0 heterocycles. The van der Waals surface area contributed by atoms with Gasteiger partial charge in [-0.25, -0.2) is 0 Å². The van der Waals surface area contributed by atoms with Gasteiger partial charge in [0.25, 0.3) is 11.8 Å². The molecule has 0 atom stereocenters. The molecule has 0 unspecified atom stereocenters. The molecule has 10 nitrogen and oxygen atoms in total. The number of carbonyl (C=O) groups excluding carboxylic acids is 4. The molecule has 0 fully saturated rings. The number of hydrogen-bond acceptors (Lipinski definition) is 7. The standard InChI is InChI=1S/C34H32N4O6S/c1-22(39)35-25-12-14-26(15-13-25)36-31(40)21-45-28-18-16-27(17-19-28)37-34(42)29(38-33(41)23-8-5-4-6-9-23)20-24-10-7-11-30(43-2)32(24)44-3/h4-20H,21H2,1-3H3,(H,35,39)(H,36,40)(H,37,42)(H,38,41)/b29-20-. The summed E-state index contributed by atoms with van der Waals surface area (Å²) in [5.74, 6) is -0.314. The number of anilines is 3. The van der Waals surface area contributed by atoms with Crippen molar-refractivity contribution in [2.24, 2.45) is 0 Å². The second-order valence-electron chi connectivity index (χ2n) is 9.53. The maximum absolute atomic E-state index is 13.4. The largest absolute Gasteiger partial charge is 0.493 e. The zero-order chi connectivity index (χ0) is 32.2. The zero-order valence-electron chi connectivity index (χ0n) is 24.9. The van der Waals surface area contributed by atoms with Crippen molar-refractivity contribution < 1.29 is 28.7 Å². The Kier molecular flexibility index (Phi) is 11.4. The van der Waals surface area contributed by atoms with Gasteiger partial charge in [-0.1, -0.05) is 30.3 Å². The highest BCUT2D eigenvalue weighted by atomic mass is 32.2. The Bertz CT molecular complexity index is 1690. The molecule has 0 aliphatic carbocycles. The van der Waals surface area contributed by atoms with Crippen LogP contribution in [0.15, 0.2) is 108 Å². The fourth-order valence-corrected chi connectivity index (χ4v) is 4.84. The first-order valence-corrected chi connectivity index (χ1v) is 14.7. The predicted octanol–water partition coefficient (Wildman–Crippen LogP) is 5.80. The number of hydrogen-bond donors (Lipinski definition) is 4. The van der Waals surface area contributed by atoms with Crippen molar-refractivity contribution in [2.75, 3.05) is 35.9 Å². The Balaban J connectivity index is 1.42. The molecule has 11 heteroatoms. The van der Waals surface area contributed by atoms with Gasteiger partial charge in [0, 0.05) is 40.0 Å². The number of rotatable bonds is 12. The van der Waals surface area contributed by atoms with Crippen molar-refractivity contribution in [3.8, 4) is 11.5 Å². The third-order valence-electron chi connectivity index (χ3n) is 6.23. The summed E-state index contributed by atoms with van der Waals surface area (Å²) >= 11 is 1.33. The summed E-state index contributed by atoms with van der Waals surface area (Å²) < 4.78 is 10.9. The molecule has 45 heavy (non-hydrogen) atoms. The fourth-order valence-electron chi connectivity index (χ4n) is 4.14. The Labute approximate surface area is 265 Å². The third-order valence-corrected chi connectivity index (χ3v) is 7.25. The van der Waals surface area contributed by atoms with Gasteiger partial charge in [0.2, 0.25) is 11.8 Å². The molecule has 4 N–H and O–H groups in total. The number of methoxy groups -OCH3 is 2. The Morgan fingerprint density at radius 1 is 0.711 bits per heavy atom. The minimum atomic E-state index is -0.548. The van der Waals surface area contributed by atoms with Gasteiger partial charge in [-0.2, -0.15) is 0 Å². The average molecular weight is 625 g/mol. The van der Waals surface area contributed by atoms with Crippen LogP contribution in [0.25, 0.3) is 6.08 Å². The summed E-state index contributed by atoms with van der Waals surface area (Å²) in [7, 11) is 3.01. The first-order chi connectivity index (χ1) is 21.7. The van der Waals surface area contributed by atoms with Gasteiger partial charge in [-0.15, -0.1) is 11.8 Å². The maximum Gasteiger partial charge on any atom is 0.272 e. The number of carbonyl (C=O) groups is 4. The van der Waals surface area contributed by atoms with Gasteiger partial charge >= 0.3 is 0 Å². The highest BCUT2D eigenvalue weighted by molar-refractivity contribution is 8.00. The molecule has 4 aromatic carbocycles. The lowest BCUT2D eigenvalue weighted by atomic mass is 10.1. The molecule has 0 saturated carbocycles. The lowest BCUT2D eigenvalue weighted by Crippen LogP contribution is -2.30. The normalized spacial score (nSPS) is 10.8. The van der Waals surface area contributed by atoms with Crippen molar-refractivity contribution in [1.29, 1.82) is 0 Å². The highest BCUT2D eigenvalue weighted by Crippen LogP contribution is 2.32. The van der Waals surface area contributed by atoms with Crippen molar-refractivity contribution >= 4 is 58.5 Å². The smallest absolute Gasteiger partial charge is 0.272 e. The molecule has 0 aromatic heterocycles. The number of amides is 4. The summed E-state index contributed by atoms with van der Waals surface area (Å²) in [5, 5.41) is 11.0. The van der Waals surface area contributed by atoms with Crippen molar-refractivity contribution in [1.82, 2.24) is 5.32 Å². The van der Waals surface area contributed by atoms with E-state index in [1.165, 1.54) is 39.0 Å². The van der Waals surface area contributed by atoms with Crippen LogP contribution in [0, 0.1) is 0 Å². The Hall–Kier alpha value is -5.55. The van der Waals surface area contributed by atoms with E-state index in [1.807, 2.05) is 0 Å². The first kappa shape index (κ1) is 32.4. The second-order valence-corrected chi connectivity index (χ2v) is 10.6. The van der Waals surface area contributed by atoms with Crippen LogP contribution in [0.1, 0.15) is 22.8 Å². The van der Waals surface area contributed by atoms with Crippen LogP contribution >= 0.6 is 11.8 Å². The highest BCUT2D eigenvalue weighted by Gasteiger charge is 2.17. The molecule has 4 amide bonds. The average Bonchev–Trinajstić information content (AvgIpc) is 3.05. The molecule has 0 spiro atoms. The van der Waals surface area contributed by atoms with E-state index in [2.05, 4.69) is 21.3 Å². The Morgan fingerprint density at radius 2 is 1.33 bits per heavy atom. The number of benzene rings is 4. The Morgan fingerprint density at radius 3 is 1.96 bits per heavy atom. The minimum Gasteiger partial charge on any atom is -0.493 e. The molecule has 4 aromatic rings. The molecule has 0 bridgehead atoms. The van der Waals surface area contributed by atoms with E-state index in [0.29, 0.717) is 39.7 Å². The van der Waals surface area contributed by atoms with Gasteiger partial charge in [0.15, 0.2) is 11.5 Å². The van der Waals surface area contributed by atoms with E-state index in [1.54, 1.807) is 97.1 Å².